The Labute approximate surface area is 160 Å². The highest BCUT2D eigenvalue weighted by molar-refractivity contribution is 7.94. The van der Waals surface area contributed by atoms with Crippen molar-refractivity contribution in [3.63, 3.8) is 0 Å². The van der Waals surface area contributed by atoms with Crippen molar-refractivity contribution in [1.82, 2.24) is 9.78 Å². The number of hydrogen-bond acceptors (Lipinski definition) is 5. The Morgan fingerprint density at radius 3 is 2.56 bits per heavy atom. The van der Waals surface area contributed by atoms with E-state index in [0.29, 0.717) is 17.9 Å². The van der Waals surface area contributed by atoms with Gasteiger partial charge in [0.05, 0.1) is 23.7 Å². The van der Waals surface area contributed by atoms with Gasteiger partial charge in [-0.3, -0.25) is 9.40 Å². The van der Waals surface area contributed by atoms with Gasteiger partial charge in [0, 0.05) is 5.39 Å². The number of aromatic nitrogens is 2. The Morgan fingerprint density at radius 2 is 1.85 bits per heavy atom. The molecule has 27 heavy (non-hydrogen) atoms. The summed E-state index contributed by atoms with van der Waals surface area (Å²) in [5.74, 6) is 0.299. The van der Waals surface area contributed by atoms with E-state index in [1.54, 1.807) is 34.3 Å². The van der Waals surface area contributed by atoms with Crippen molar-refractivity contribution in [2.75, 3.05) is 4.72 Å². The Kier molecular flexibility index (Phi) is 4.39. The normalized spacial score (nSPS) is 11.4. The summed E-state index contributed by atoms with van der Waals surface area (Å²) >= 11 is 1.16. The Bertz CT molecular complexity index is 1240. The molecule has 8 heteroatoms. The smallest absolute Gasteiger partial charge is 0.261 e. The lowest BCUT2D eigenvalue weighted by Crippen LogP contribution is -2.12. The number of nitrogens with zero attached hydrogens (tertiary/aromatic N) is 3. The van der Waals surface area contributed by atoms with Crippen LogP contribution in [0.1, 0.15) is 11.1 Å². The number of hydrogen-bond donors (Lipinski definition) is 1. The summed E-state index contributed by atoms with van der Waals surface area (Å²) in [4.78, 5) is 0. The molecule has 2 heterocycles. The first-order valence-electron chi connectivity index (χ1n) is 8.08. The van der Waals surface area contributed by atoms with Crippen molar-refractivity contribution in [2.45, 2.75) is 10.8 Å². The maximum absolute atomic E-state index is 12.6. The van der Waals surface area contributed by atoms with E-state index < -0.39 is 10.0 Å². The van der Waals surface area contributed by atoms with Gasteiger partial charge in [-0.2, -0.15) is 10.4 Å². The van der Waals surface area contributed by atoms with Crippen LogP contribution in [0.3, 0.4) is 0 Å². The number of anilines is 1. The molecular formula is C19H14N4O2S2. The third-order valence-corrected chi connectivity index (χ3v) is 6.80. The Morgan fingerprint density at radius 1 is 1.07 bits per heavy atom. The van der Waals surface area contributed by atoms with Crippen LogP contribution < -0.4 is 4.72 Å². The first-order chi connectivity index (χ1) is 13.1. The Balaban J connectivity index is 1.72. The molecule has 6 nitrogen and oxygen atoms in total. The molecule has 4 rings (SSSR count). The molecule has 0 aliphatic carbocycles. The SMILES string of the molecule is N#Cc1ccc(Cn2nc(NS(=O)(=O)c3cccs3)c3ccccc32)cc1. The molecule has 0 radical (unpaired) electrons. The number of nitriles is 1. The van der Waals surface area contributed by atoms with Crippen LogP contribution in [-0.4, -0.2) is 18.2 Å². The third-order valence-electron chi connectivity index (χ3n) is 4.06. The van der Waals surface area contributed by atoms with Gasteiger partial charge in [-0.15, -0.1) is 11.3 Å². The largest absolute Gasteiger partial charge is 0.272 e. The van der Waals surface area contributed by atoms with Crippen molar-refractivity contribution in [1.29, 1.82) is 5.26 Å². The van der Waals surface area contributed by atoms with E-state index in [0.717, 1.165) is 27.8 Å². The van der Waals surface area contributed by atoms with Crippen LogP contribution in [0.4, 0.5) is 5.82 Å². The third kappa shape index (κ3) is 3.43. The van der Waals surface area contributed by atoms with Crippen molar-refractivity contribution in [3.05, 3.63) is 77.2 Å². The minimum absolute atomic E-state index is 0.244. The highest BCUT2D eigenvalue weighted by Crippen LogP contribution is 2.27. The first-order valence-corrected chi connectivity index (χ1v) is 10.4. The fourth-order valence-electron chi connectivity index (χ4n) is 2.77. The number of fused-ring (bicyclic) bond motifs is 1. The van der Waals surface area contributed by atoms with Gasteiger partial charge < -0.3 is 0 Å². The van der Waals surface area contributed by atoms with Gasteiger partial charge >= 0.3 is 0 Å². The highest BCUT2D eigenvalue weighted by Gasteiger charge is 2.19. The fraction of sp³-hybridized carbons (Fsp3) is 0.0526. The summed E-state index contributed by atoms with van der Waals surface area (Å²) in [5.41, 5.74) is 2.38. The number of benzene rings is 2. The molecule has 0 aliphatic rings. The molecule has 134 valence electrons. The van der Waals surface area contributed by atoms with E-state index in [-0.39, 0.29) is 4.21 Å². The van der Waals surface area contributed by atoms with Gasteiger partial charge in [-0.1, -0.05) is 30.3 Å². The molecule has 0 spiro atoms. The second-order valence-electron chi connectivity index (χ2n) is 5.87. The molecule has 0 saturated carbocycles. The van der Waals surface area contributed by atoms with E-state index in [1.165, 1.54) is 0 Å². The average molecular weight is 394 g/mol. The lowest BCUT2D eigenvalue weighted by atomic mass is 10.1. The van der Waals surface area contributed by atoms with E-state index in [1.807, 2.05) is 36.4 Å². The molecule has 2 aromatic carbocycles. The number of nitrogens with one attached hydrogen (secondary N) is 1. The van der Waals surface area contributed by atoms with Gasteiger partial charge in [-0.25, -0.2) is 8.42 Å². The van der Waals surface area contributed by atoms with Crippen molar-refractivity contribution in [2.24, 2.45) is 0 Å². The zero-order valence-electron chi connectivity index (χ0n) is 14.0. The van der Waals surface area contributed by atoms with E-state index in [2.05, 4.69) is 15.9 Å². The molecule has 4 aromatic rings. The summed E-state index contributed by atoms with van der Waals surface area (Å²) < 4.78 is 29.7. The summed E-state index contributed by atoms with van der Waals surface area (Å²) in [6.45, 7) is 0.465. The van der Waals surface area contributed by atoms with Crippen LogP contribution >= 0.6 is 11.3 Å². The maximum Gasteiger partial charge on any atom is 0.272 e. The number of para-hydroxylation sites is 1. The lowest BCUT2D eigenvalue weighted by Gasteiger charge is -2.04. The van der Waals surface area contributed by atoms with Gasteiger partial charge in [-0.05, 0) is 41.3 Å². The van der Waals surface area contributed by atoms with Gasteiger partial charge in [0.2, 0.25) is 0 Å². The molecule has 0 amide bonds. The number of sulfonamides is 1. The average Bonchev–Trinajstić information content (AvgIpc) is 3.32. The van der Waals surface area contributed by atoms with E-state index in [9.17, 15) is 8.42 Å². The first kappa shape index (κ1) is 17.3. The van der Waals surface area contributed by atoms with Crippen LogP contribution in [0.15, 0.2) is 70.3 Å². The molecule has 0 atom stereocenters. The molecule has 0 bridgehead atoms. The fourth-order valence-corrected chi connectivity index (χ4v) is 4.79. The van der Waals surface area contributed by atoms with Crippen LogP contribution in [0.25, 0.3) is 10.9 Å². The number of rotatable bonds is 5. The van der Waals surface area contributed by atoms with Crippen LogP contribution in [0.2, 0.25) is 0 Å². The number of thiophene rings is 1. The summed E-state index contributed by atoms with van der Waals surface area (Å²) in [5, 5.41) is 15.9. The van der Waals surface area contributed by atoms with Crippen molar-refractivity contribution >= 4 is 38.1 Å². The zero-order valence-corrected chi connectivity index (χ0v) is 15.7. The van der Waals surface area contributed by atoms with E-state index in [4.69, 9.17) is 5.26 Å². The second-order valence-corrected chi connectivity index (χ2v) is 8.73. The standard InChI is InChI=1S/C19H14N4O2S2/c20-12-14-7-9-15(10-8-14)13-23-17-5-2-1-4-16(17)19(21-23)22-27(24,25)18-6-3-11-26-18/h1-11H,13H2,(H,21,22). The zero-order chi connectivity index (χ0) is 18.9. The van der Waals surface area contributed by atoms with Gasteiger partial charge in [0.25, 0.3) is 10.0 Å². The van der Waals surface area contributed by atoms with Gasteiger partial charge in [0.1, 0.15) is 4.21 Å². The predicted molar refractivity (Wildman–Crippen MR) is 105 cm³/mol. The molecule has 0 unspecified atom stereocenters. The lowest BCUT2D eigenvalue weighted by molar-refractivity contribution is 0.602. The van der Waals surface area contributed by atoms with Crippen LogP contribution in [-0.2, 0) is 16.6 Å². The topological polar surface area (TPSA) is 87.8 Å². The Hall–Kier alpha value is -3.15. The quantitative estimate of drug-likeness (QED) is 0.557. The molecule has 0 fully saturated rings. The molecular weight excluding hydrogens is 380 g/mol. The predicted octanol–water partition coefficient (Wildman–Crippen LogP) is 3.82. The maximum atomic E-state index is 12.6. The van der Waals surface area contributed by atoms with Crippen molar-refractivity contribution in [3.8, 4) is 6.07 Å². The van der Waals surface area contributed by atoms with Crippen molar-refractivity contribution < 1.29 is 8.42 Å². The van der Waals surface area contributed by atoms with Crippen LogP contribution in [0.5, 0.6) is 0 Å². The van der Waals surface area contributed by atoms with Crippen LogP contribution in [0, 0.1) is 11.3 Å². The summed E-state index contributed by atoms with van der Waals surface area (Å²) in [7, 11) is -3.67. The second kappa shape index (κ2) is 6.87. The minimum Gasteiger partial charge on any atom is -0.261 e. The molecule has 2 aromatic heterocycles. The molecule has 0 aliphatic heterocycles. The summed E-state index contributed by atoms with van der Waals surface area (Å²) in [6.07, 6.45) is 0. The molecule has 1 N–H and O–H groups in total. The monoisotopic (exact) mass is 394 g/mol. The van der Waals surface area contributed by atoms with E-state index >= 15 is 0 Å². The molecule has 0 saturated heterocycles. The van der Waals surface area contributed by atoms with Gasteiger partial charge in [0.15, 0.2) is 5.82 Å². The highest BCUT2D eigenvalue weighted by atomic mass is 32.2. The summed E-state index contributed by atoms with van der Waals surface area (Å²) in [6, 6.07) is 20.0. The minimum atomic E-state index is -3.67.